The molecule has 0 aliphatic rings. The third kappa shape index (κ3) is 2.57. The lowest BCUT2D eigenvalue weighted by atomic mass is 9.93. The van der Waals surface area contributed by atoms with E-state index in [0.29, 0.717) is 12.0 Å². The molecule has 0 amide bonds. The number of Topliss-reactive ketones (excluding diaryl/α,β-unsaturated/α-hetero) is 1. The molecule has 0 saturated heterocycles. The van der Waals surface area contributed by atoms with Crippen LogP contribution in [0.4, 0.5) is 0 Å². The van der Waals surface area contributed by atoms with Crippen molar-refractivity contribution in [3.8, 4) is 5.75 Å². The molecule has 0 aliphatic carbocycles. The van der Waals surface area contributed by atoms with Crippen LogP contribution in [0.25, 0.3) is 0 Å². The lowest BCUT2D eigenvalue weighted by molar-refractivity contribution is 0.0904. The van der Waals surface area contributed by atoms with E-state index in [1.807, 2.05) is 0 Å². The van der Waals surface area contributed by atoms with Crippen molar-refractivity contribution in [3.05, 3.63) is 29.3 Å². The lowest BCUT2D eigenvalue weighted by Gasteiger charge is -2.12. The Morgan fingerprint density at radius 3 is 2.67 bits per heavy atom. The molecule has 0 radical (unpaired) electrons. The fourth-order valence-electron chi connectivity index (χ4n) is 1.54. The van der Waals surface area contributed by atoms with Gasteiger partial charge in [0.2, 0.25) is 0 Å². The fourth-order valence-corrected chi connectivity index (χ4v) is 1.54. The van der Waals surface area contributed by atoms with E-state index >= 15 is 0 Å². The van der Waals surface area contributed by atoms with Crippen molar-refractivity contribution in [3.63, 3.8) is 0 Å². The number of carbonyl (C=O) groups is 1. The number of aliphatic hydroxyl groups is 1. The summed E-state index contributed by atoms with van der Waals surface area (Å²) in [4.78, 5) is 11.9. The number of hydrogen-bond acceptors (Lipinski definition) is 3. The third-order valence-corrected chi connectivity index (χ3v) is 2.51. The first-order valence-electron chi connectivity index (χ1n) is 5.01. The molecular formula is C12H16O3. The lowest BCUT2D eigenvalue weighted by Crippen LogP contribution is -2.14. The molecule has 3 heteroatoms. The van der Waals surface area contributed by atoms with Crippen LogP contribution in [-0.2, 0) is 0 Å². The summed E-state index contributed by atoms with van der Waals surface area (Å²) in [6.45, 7) is 3.53. The van der Waals surface area contributed by atoms with Crippen molar-refractivity contribution in [2.75, 3.05) is 6.61 Å². The molecule has 1 atom stereocenters. The standard InChI is InChI=1S/C12H16O3/c1-8-4-3-5-10(14)11(8)12(15)9(2)6-7-13/h3-5,9,13-14H,6-7H2,1-2H3. The molecular weight excluding hydrogens is 192 g/mol. The minimum Gasteiger partial charge on any atom is -0.507 e. The van der Waals surface area contributed by atoms with Gasteiger partial charge in [0.1, 0.15) is 5.75 Å². The number of rotatable bonds is 4. The number of carbonyl (C=O) groups excluding carboxylic acids is 1. The summed E-state index contributed by atoms with van der Waals surface area (Å²) < 4.78 is 0. The average Bonchev–Trinajstić information content (AvgIpc) is 2.17. The van der Waals surface area contributed by atoms with E-state index in [1.165, 1.54) is 6.07 Å². The summed E-state index contributed by atoms with van der Waals surface area (Å²) in [5.41, 5.74) is 1.14. The number of benzene rings is 1. The smallest absolute Gasteiger partial charge is 0.169 e. The van der Waals surface area contributed by atoms with Crippen molar-refractivity contribution in [2.24, 2.45) is 5.92 Å². The van der Waals surface area contributed by atoms with Crippen molar-refractivity contribution < 1.29 is 15.0 Å². The summed E-state index contributed by atoms with van der Waals surface area (Å²) in [6.07, 6.45) is 0.423. The minimum absolute atomic E-state index is 0.0143. The molecule has 0 aromatic heterocycles. The highest BCUT2D eigenvalue weighted by atomic mass is 16.3. The van der Waals surface area contributed by atoms with Gasteiger partial charge < -0.3 is 10.2 Å². The molecule has 15 heavy (non-hydrogen) atoms. The molecule has 1 unspecified atom stereocenters. The summed E-state index contributed by atoms with van der Waals surface area (Å²) in [5, 5.41) is 18.4. The van der Waals surface area contributed by atoms with Gasteiger partial charge in [0.15, 0.2) is 5.78 Å². The summed E-state index contributed by atoms with van der Waals surface area (Å²) >= 11 is 0. The Bertz CT molecular complexity index is 338. The van der Waals surface area contributed by atoms with Crippen LogP contribution in [0.2, 0.25) is 0 Å². The SMILES string of the molecule is Cc1cccc(O)c1C(=O)C(C)CCO. The Kier molecular flexibility index (Phi) is 3.86. The van der Waals surface area contributed by atoms with Crippen molar-refractivity contribution in [1.82, 2.24) is 0 Å². The van der Waals surface area contributed by atoms with E-state index in [-0.39, 0.29) is 24.1 Å². The summed E-state index contributed by atoms with van der Waals surface area (Å²) in [5.74, 6) is -0.355. The van der Waals surface area contributed by atoms with Crippen molar-refractivity contribution in [2.45, 2.75) is 20.3 Å². The zero-order chi connectivity index (χ0) is 11.4. The second-order valence-corrected chi connectivity index (χ2v) is 3.75. The highest BCUT2D eigenvalue weighted by Gasteiger charge is 2.19. The summed E-state index contributed by atoms with van der Waals surface area (Å²) in [7, 11) is 0. The predicted molar refractivity (Wildman–Crippen MR) is 58.0 cm³/mol. The van der Waals surface area contributed by atoms with Crippen molar-refractivity contribution >= 4 is 5.78 Å². The third-order valence-electron chi connectivity index (χ3n) is 2.51. The second-order valence-electron chi connectivity index (χ2n) is 3.75. The van der Waals surface area contributed by atoms with Gasteiger partial charge in [-0.25, -0.2) is 0 Å². The van der Waals surface area contributed by atoms with Crippen LogP contribution in [0.3, 0.4) is 0 Å². The van der Waals surface area contributed by atoms with Gasteiger partial charge in [0.25, 0.3) is 0 Å². The fraction of sp³-hybridized carbons (Fsp3) is 0.417. The van der Waals surface area contributed by atoms with Gasteiger partial charge in [-0.05, 0) is 25.0 Å². The number of ketones is 1. The molecule has 1 aromatic carbocycles. The van der Waals surface area contributed by atoms with E-state index in [2.05, 4.69) is 0 Å². The van der Waals surface area contributed by atoms with Gasteiger partial charge in [0.05, 0.1) is 5.56 Å². The quantitative estimate of drug-likeness (QED) is 0.743. The number of phenolic OH excluding ortho intramolecular Hbond substituents is 1. The number of aryl methyl sites for hydroxylation is 1. The first kappa shape index (κ1) is 11.7. The second kappa shape index (κ2) is 4.94. The van der Waals surface area contributed by atoms with Crippen LogP contribution in [0.15, 0.2) is 18.2 Å². The number of phenols is 1. The molecule has 0 spiro atoms. The van der Waals surface area contributed by atoms with E-state index < -0.39 is 0 Å². The Morgan fingerprint density at radius 2 is 2.13 bits per heavy atom. The minimum atomic E-state index is -0.262. The topological polar surface area (TPSA) is 57.5 Å². The Balaban J connectivity index is 3.00. The molecule has 0 saturated carbocycles. The number of aliphatic hydroxyl groups excluding tert-OH is 1. The van der Waals surface area contributed by atoms with Gasteiger partial charge >= 0.3 is 0 Å². The van der Waals surface area contributed by atoms with Gasteiger partial charge in [-0.15, -0.1) is 0 Å². The van der Waals surface area contributed by atoms with E-state index in [0.717, 1.165) is 5.56 Å². The van der Waals surface area contributed by atoms with E-state index in [9.17, 15) is 9.90 Å². The normalized spacial score (nSPS) is 12.5. The summed E-state index contributed by atoms with van der Waals surface area (Å²) in [6, 6.07) is 5.00. The van der Waals surface area contributed by atoms with E-state index in [4.69, 9.17) is 5.11 Å². The highest BCUT2D eigenvalue weighted by molar-refractivity contribution is 6.01. The van der Waals surface area contributed by atoms with Crippen LogP contribution >= 0.6 is 0 Å². The van der Waals surface area contributed by atoms with E-state index in [1.54, 1.807) is 26.0 Å². The molecule has 1 aromatic rings. The van der Waals surface area contributed by atoms with Crippen LogP contribution in [0.5, 0.6) is 5.75 Å². The molecule has 1 rings (SSSR count). The maximum atomic E-state index is 11.9. The van der Waals surface area contributed by atoms with Gasteiger partial charge in [-0.1, -0.05) is 19.1 Å². The van der Waals surface area contributed by atoms with Crippen molar-refractivity contribution in [1.29, 1.82) is 0 Å². The maximum absolute atomic E-state index is 11.9. The average molecular weight is 208 g/mol. The molecule has 3 nitrogen and oxygen atoms in total. The monoisotopic (exact) mass is 208 g/mol. The Labute approximate surface area is 89.4 Å². The zero-order valence-corrected chi connectivity index (χ0v) is 9.03. The van der Waals surface area contributed by atoms with Gasteiger partial charge in [-0.3, -0.25) is 4.79 Å². The first-order chi connectivity index (χ1) is 7.07. The highest BCUT2D eigenvalue weighted by Crippen LogP contribution is 2.24. The number of aromatic hydroxyl groups is 1. The molecule has 0 bridgehead atoms. The molecule has 0 heterocycles. The first-order valence-corrected chi connectivity index (χ1v) is 5.01. The molecule has 82 valence electrons. The van der Waals surface area contributed by atoms with Crippen LogP contribution < -0.4 is 0 Å². The Morgan fingerprint density at radius 1 is 1.47 bits per heavy atom. The predicted octanol–water partition coefficient (Wildman–Crippen LogP) is 1.90. The maximum Gasteiger partial charge on any atom is 0.169 e. The molecule has 0 aliphatic heterocycles. The number of hydrogen-bond donors (Lipinski definition) is 2. The Hall–Kier alpha value is -1.35. The molecule has 2 N–H and O–H groups in total. The van der Waals surface area contributed by atoms with Crippen LogP contribution in [0, 0.1) is 12.8 Å². The zero-order valence-electron chi connectivity index (χ0n) is 9.03. The van der Waals surface area contributed by atoms with Crippen LogP contribution in [0.1, 0.15) is 29.3 Å². The van der Waals surface area contributed by atoms with Gasteiger partial charge in [-0.2, -0.15) is 0 Å². The molecule has 0 fully saturated rings. The largest absolute Gasteiger partial charge is 0.507 e. The van der Waals surface area contributed by atoms with Gasteiger partial charge in [0, 0.05) is 12.5 Å². The van der Waals surface area contributed by atoms with Crippen LogP contribution in [-0.4, -0.2) is 22.6 Å².